The number of carboxylic acid groups (broad SMARTS) is 1. The second-order valence-electron chi connectivity index (χ2n) is 8.20. The van der Waals surface area contributed by atoms with E-state index < -0.39 is 59.7 Å². The van der Waals surface area contributed by atoms with Crippen molar-refractivity contribution in [2.45, 2.75) is 75.5 Å². The average molecular weight is 534 g/mol. The quantitative estimate of drug-likeness (QED) is 0.0748. The Hall–Kier alpha value is -2.91. The van der Waals surface area contributed by atoms with E-state index in [-0.39, 0.29) is 38.5 Å². The first kappa shape index (κ1) is 33.1. The topological polar surface area (TPSA) is 263 Å². The molecule has 0 aromatic carbocycles. The molecule has 206 valence electrons. The maximum Gasteiger partial charge on any atom is 0.326 e. The molecule has 0 radical (unpaired) electrons. The Morgan fingerprint density at radius 1 is 0.750 bits per heavy atom. The van der Waals surface area contributed by atoms with Gasteiger partial charge in [0.05, 0.1) is 6.04 Å². The van der Waals surface area contributed by atoms with Crippen molar-refractivity contribution in [3.05, 3.63) is 0 Å². The van der Waals surface area contributed by atoms with Crippen LogP contribution >= 0.6 is 11.8 Å². The Labute approximate surface area is 214 Å². The van der Waals surface area contributed by atoms with Crippen molar-refractivity contribution in [3.63, 3.8) is 0 Å². The second-order valence-corrected chi connectivity index (χ2v) is 9.19. The number of unbranched alkanes of at least 4 members (excludes halogenated alkanes) is 1. The highest BCUT2D eigenvalue weighted by Gasteiger charge is 2.30. The lowest BCUT2D eigenvalue weighted by Crippen LogP contribution is -2.57. The highest BCUT2D eigenvalue weighted by Crippen LogP contribution is 2.07. The minimum Gasteiger partial charge on any atom is -0.480 e. The van der Waals surface area contributed by atoms with E-state index in [1.54, 1.807) is 0 Å². The van der Waals surface area contributed by atoms with E-state index in [4.69, 9.17) is 22.9 Å². The summed E-state index contributed by atoms with van der Waals surface area (Å²) >= 11 is 1.44. The van der Waals surface area contributed by atoms with Crippen molar-refractivity contribution in [2.75, 3.05) is 18.6 Å². The van der Waals surface area contributed by atoms with Crippen molar-refractivity contribution in [1.82, 2.24) is 16.0 Å². The highest BCUT2D eigenvalue weighted by molar-refractivity contribution is 7.98. The number of hydrogen-bond donors (Lipinski definition) is 8. The summed E-state index contributed by atoms with van der Waals surface area (Å²) in [5, 5.41) is 16.8. The van der Waals surface area contributed by atoms with E-state index >= 15 is 0 Å². The van der Waals surface area contributed by atoms with Crippen LogP contribution in [0.25, 0.3) is 0 Å². The van der Waals surface area contributed by atoms with Crippen molar-refractivity contribution < 1.29 is 33.9 Å². The normalized spacial score (nSPS) is 14.1. The van der Waals surface area contributed by atoms with Crippen LogP contribution in [0.5, 0.6) is 0 Å². The molecule has 4 unspecified atom stereocenters. The Kier molecular flexibility index (Phi) is 16.9. The van der Waals surface area contributed by atoms with Gasteiger partial charge in [0.2, 0.25) is 29.5 Å². The zero-order valence-corrected chi connectivity index (χ0v) is 21.3. The monoisotopic (exact) mass is 533 g/mol. The number of aliphatic carboxylic acids is 1. The van der Waals surface area contributed by atoms with Crippen molar-refractivity contribution in [2.24, 2.45) is 22.9 Å². The van der Waals surface area contributed by atoms with Crippen LogP contribution in [0, 0.1) is 0 Å². The number of amides is 5. The molecule has 0 aliphatic heterocycles. The third kappa shape index (κ3) is 14.5. The lowest BCUT2D eigenvalue weighted by atomic mass is 10.1. The van der Waals surface area contributed by atoms with E-state index in [1.807, 2.05) is 6.26 Å². The molecule has 0 aliphatic carbocycles. The van der Waals surface area contributed by atoms with Gasteiger partial charge in [-0.2, -0.15) is 11.8 Å². The van der Waals surface area contributed by atoms with Crippen LogP contribution in [0.1, 0.15) is 51.4 Å². The Bertz CT molecular complexity index is 769. The molecule has 0 saturated carbocycles. The van der Waals surface area contributed by atoms with Gasteiger partial charge < -0.3 is 44.0 Å². The summed E-state index contributed by atoms with van der Waals surface area (Å²) in [4.78, 5) is 71.8. The highest BCUT2D eigenvalue weighted by atomic mass is 32.2. The molecule has 0 aliphatic rings. The first-order valence-corrected chi connectivity index (χ1v) is 13.0. The molecule has 0 aromatic heterocycles. The Morgan fingerprint density at radius 2 is 1.25 bits per heavy atom. The lowest BCUT2D eigenvalue weighted by Gasteiger charge is -2.25. The molecule has 0 rings (SSSR count). The van der Waals surface area contributed by atoms with E-state index in [0.29, 0.717) is 25.1 Å². The zero-order chi connectivity index (χ0) is 27.7. The molecule has 5 amide bonds. The maximum absolute atomic E-state index is 13.0. The minimum atomic E-state index is -1.38. The molecule has 0 aromatic rings. The number of rotatable bonds is 20. The van der Waals surface area contributed by atoms with Crippen LogP contribution in [-0.4, -0.2) is 83.3 Å². The molecule has 36 heavy (non-hydrogen) atoms. The van der Waals surface area contributed by atoms with Gasteiger partial charge in [0.15, 0.2) is 0 Å². The summed E-state index contributed by atoms with van der Waals surface area (Å²) in [7, 11) is 0. The number of nitrogens with two attached hydrogens (primary N) is 4. The van der Waals surface area contributed by atoms with Gasteiger partial charge in [-0.3, -0.25) is 24.0 Å². The van der Waals surface area contributed by atoms with Crippen LogP contribution < -0.4 is 38.9 Å². The van der Waals surface area contributed by atoms with Gasteiger partial charge in [-0.05, 0) is 57.1 Å². The van der Waals surface area contributed by atoms with E-state index in [0.717, 1.165) is 0 Å². The standard InChI is InChI=1S/C21H39N7O7S/c1-36-11-9-14(26-18(31)12(23)5-7-16(24)29)20(33)27-13(4-2-3-10-22)19(32)28-15(21(34)35)6-8-17(25)30/h12-15H,2-11,22-23H2,1H3,(H2,24,29)(H2,25,30)(H,26,31)(H,27,33)(H,28,32)(H,34,35). The number of carboxylic acids is 1. The van der Waals surface area contributed by atoms with Gasteiger partial charge >= 0.3 is 5.97 Å². The van der Waals surface area contributed by atoms with E-state index in [2.05, 4.69) is 16.0 Å². The van der Waals surface area contributed by atoms with Crippen LogP contribution in [0.2, 0.25) is 0 Å². The fourth-order valence-electron chi connectivity index (χ4n) is 3.06. The fourth-order valence-corrected chi connectivity index (χ4v) is 3.53. The molecule has 0 saturated heterocycles. The summed E-state index contributed by atoms with van der Waals surface area (Å²) in [5.74, 6) is -4.25. The van der Waals surface area contributed by atoms with Gasteiger partial charge in [-0.1, -0.05) is 0 Å². The Morgan fingerprint density at radius 3 is 1.75 bits per heavy atom. The van der Waals surface area contributed by atoms with Gasteiger partial charge in [0, 0.05) is 12.8 Å². The van der Waals surface area contributed by atoms with Crippen molar-refractivity contribution in [3.8, 4) is 0 Å². The van der Waals surface area contributed by atoms with Gasteiger partial charge in [0.1, 0.15) is 18.1 Å². The van der Waals surface area contributed by atoms with Crippen LogP contribution in [-0.2, 0) is 28.8 Å². The minimum absolute atomic E-state index is 0.00400. The van der Waals surface area contributed by atoms with E-state index in [9.17, 15) is 33.9 Å². The number of carbonyl (C=O) groups excluding carboxylic acids is 5. The zero-order valence-electron chi connectivity index (χ0n) is 20.5. The smallest absolute Gasteiger partial charge is 0.326 e. The van der Waals surface area contributed by atoms with E-state index in [1.165, 1.54) is 11.8 Å². The molecular formula is C21H39N7O7S. The summed E-state index contributed by atoms with van der Waals surface area (Å²) in [6.45, 7) is 0.355. The molecule has 0 spiro atoms. The third-order valence-electron chi connectivity index (χ3n) is 5.16. The largest absolute Gasteiger partial charge is 0.480 e. The molecule has 15 heteroatoms. The summed E-state index contributed by atoms with van der Waals surface area (Å²) in [5.41, 5.74) is 21.4. The number of thioether (sulfide) groups is 1. The lowest BCUT2D eigenvalue weighted by molar-refractivity contribution is -0.142. The maximum atomic E-state index is 13.0. The summed E-state index contributed by atoms with van der Waals surface area (Å²) in [6, 6.07) is -4.59. The molecule has 0 heterocycles. The number of nitrogens with one attached hydrogen (secondary N) is 3. The third-order valence-corrected chi connectivity index (χ3v) is 5.80. The van der Waals surface area contributed by atoms with Crippen LogP contribution in [0.15, 0.2) is 0 Å². The number of primary amides is 2. The van der Waals surface area contributed by atoms with Gasteiger partial charge in [-0.15, -0.1) is 0 Å². The number of hydrogen-bond acceptors (Lipinski definition) is 9. The molecule has 12 N–H and O–H groups in total. The van der Waals surface area contributed by atoms with Crippen molar-refractivity contribution >= 4 is 47.3 Å². The molecule has 4 atom stereocenters. The summed E-state index contributed by atoms with van der Waals surface area (Å²) < 4.78 is 0. The predicted octanol–water partition coefficient (Wildman–Crippen LogP) is -2.73. The number of carbonyl (C=O) groups is 6. The fraction of sp³-hybridized carbons (Fsp3) is 0.714. The first-order valence-electron chi connectivity index (χ1n) is 11.6. The van der Waals surface area contributed by atoms with Gasteiger partial charge in [0.25, 0.3) is 0 Å². The molecule has 0 bridgehead atoms. The first-order chi connectivity index (χ1) is 16.9. The molecular weight excluding hydrogens is 494 g/mol. The Balaban J connectivity index is 5.47. The predicted molar refractivity (Wildman–Crippen MR) is 134 cm³/mol. The van der Waals surface area contributed by atoms with Crippen LogP contribution in [0.4, 0.5) is 0 Å². The molecule has 0 fully saturated rings. The SMILES string of the molecule is CSCCC(NC(=O)C(N)CCC(N)=O)C(=O)NC(CCCCN)C(=O)NC(CCC(N)=O)C(=O)O. The molecule has 14 nitrogen and oxygen atoms in total. The van der Waals surface area contributed by atoms with Crippen molar-refractivity contribution in [1.29, 1.82) is 0 Å². The summed E-state index contributed by atoms with van der Waals surface area (Å²) in [6.07, 6.45) is 2.68. The van der Waals surface area contributed by atoms with Crippen LogP contribution in [0.3, 0.4) is 0 Å². The second kappa shape index (κ2) is 18.4. The van der Waals surface area contributed by atoms with Gasteiger partial charge in [-0.25, -0.2) is 4.79 Å². The average Bonchev–Trinajstić information content (AvgIpc) is 2.81.